The highest BCUT2D eigenvalue weighted by Crippen LogP contribution is 2.37. The van der Waals surface area contributed by atoms with Crippen LogP contribution in [0.2, 0.25) is 0 Å². The highest BCUT2D eigenvalue weighted by Gasteiger charge is 2.20. The van der Waals surface area contributed by atoms with E-state index in [1.54, 1.807) is 0 Å². The molecule has 4 heteroatoms. The molecule has 1 saturated heterocycles. The lowest BCUT2D eigenvalue weighted by Crippen LogP contribution is -2.17. The normalized spacial score (nSPS) is 21.4. The Morgan fingerprint density at radius 3 is 2.47 bits per heavy atom. The van der Waals surface area contributed by atoms with Gasteiger partial charge < -0.3 is 5.73 Å². The third-order valence-electron chi connectivity index (χ3n) is 3.86. The van der Waals surface area contributed by atoms with Crippen molar-refractivity contribution in [3.63, 3.8) is 0 Å². The maximum absolute atomic E-state index is 5.72. The van der Waals surface area contributed by atoms with Gasteiger partial charge in [-0.25, -0.2) is 9.97 Å². The maximum Gasteiger partial charge on any atom is 0.141 e. The van der Waals surface area contributed by atoms with Crippen LogP contribution >= 0.6 is 11.8 Å². The van der Waals surface area contributed by atoms with Crippen molar-refractivity contribution in [2.24, 2.45) is 11.7 Å². The molecule has 2 rings (SSSR count). The number of hydrogen-bond acceptors (Lipinski definition) is 4. The van der Waals surface area contributed by atoms with Crippen molar-refractivity contribution in [3.05, 3.63) is 22.8 Å². The molecule has 0 saturated carbocycles. The molecule has 3 nitrogen and oxygen atoms in total. The largest absolute Gasteiger partial charge is 0.330 e. The van der Waals surface area contributed by atoms with Gasteiger partial charge >= 0.3 is 0 Å². The first kappa shape index (κ1) is 14.8. The summed E-state index contributed by atoms with van der Waals surface area (Å²) in [5, 5.41) is 0.507. The summed E-state index contributed by atoms with van der Waals surface area (Å²) in [6.07, 6.45) is 4.87. The fraction of sp³-hybridized carbons (Fsp3) is 0.733. The zero-order chi connectivity index (χ0) is 13.8. The molecule has 0 radical (unpaired) electrons. The van der Waals surface area contributed by atoms with Crippen LogP contribution in [0.1, 0.15) is 54.2 Å². The van der Waals surface area contributed by atoms with Crippen molar-refractivity contribution < 1.29 is 0 Å². The molecular weight excluding hydrogens is 254 g/mol. The van der Waals surface area contributed by atoms with E-state index < -0.39 is 0 Å². The first-order valence-electron chi connectivity index (χ1n) is 7.27. The van der Waals surface area contributed by atoms with Crippen molar-refractivity contribution in [3.8, 4) is 0 Å². The summed E-state index contributed by atoms with van der Waals surface area (Å²) in [4.78, 5) is 9.54. The quantitative estimate of drug-likeness (QED) is 0.919. The van der Waals surface area contributed by atoms with Crippen LogP contribution in [0.15, 0.2) is 0 Å². The van der Waals surface area contributed by atoms with Crippen LogP contribution in [-0.4, -0.2) is 22.3 Å². The Balaban J connectivity index is 2.20. The minimum Gasteiger partial charge on any atom is -0.330 e. The van der Waals surface area contributed by atoms with E-state index in [2.05, 4.69) is 20.8 Å². The number of aromatic nitrogens is 2. The molecule has 1 aliphatic heterocycles. The Morgan fingerprint density at radius 2 is 1.95 bits per heavy atom. The molecule has 1 aromatic heterocycles. The average Bonchev–Trinajstić information content (AvgIpc) is 2.43. The first-order chi connectivity index (χ1) is 9.11. The standard InChI is InChI=1S/C15H25N3S/c1-10(9-16)8-13-11(2)17-15(18-12(13)3)14-6-4-5-7-19-14/h10,14H,4-9,16H2,1-3H3. The number of aryl methyl sites for hydroxylation is 2. The monoisotopic (exact) mass is 279 g/mol. The van der Waals surface area contributed by atoms with Gasteiger partial charge in [-0.1, -0.05) is 13.3 Å². The summed E-state index contributed by atoms with van der Waals surface area (Å²) in [5.74, 6) is 2.79. The zero-order valence-corrected chi connectivity index (χ0v) is 13.1. The molecule has 1 fully saturated rings. The highest BCUT2D eigenvalue weighted by molar-refractivity contribution is 7.99. The highest BCUT2D eigenvalue weighted by atomic mass is 32.2. The van der Waals surface area contributed by atoms with Gasteiger partial charge in [0.25, 0.3) is 0 Å². The zero-order valence-electron chi connectivity index (χ0n) is 12.3. The molecule has 1 aromatic rings. The van der Waals surface area contributed by atoms with Gasteiger partial charge in [0.1, 0.15) is 5.82 Å². The fourth-order valence-corrected chi connectivity index (χ4v) is 3.82. The lowest BCUT2D eigenvalue weighted by molar-refractivity contribution is 0.582. The lowest BCUT2D eigenvalue weighted by Gasteiger charge is -2.22. The molecular formula is C15H25N3S. The van der Waals surface area contributed by atoms with Crippen molar-refractivity contribution in [1.82, 2.24) is 9.97 Å². The van der Waals surface area contributed by atoms with Gasteiger partial charge in [-0.15, -0.1) is 0 Å². The summed E-state index contributed by atoms with van der Waals surface area (Å²) in [5.41, 5.74) is 9.31. The Labute approximate surface area is 120 Å². The number of nitrogens with two attached hydrogens (primary N) is 1. The molecule has 0 aliphatic carbocycles. The summed E-state index contributed by atoms with van der Waals surface area (Å²) in [6.45, 7) is 7.14. The molecule has 2 N–H and O–H groups in total. The first-order valence-corrected chi connectivity index (χ1v) is 8.32. The smallest absolute Gasteiger partial charge is 0.141 e. The predicted octanol–water partition coefficient (Wildman–Crippen LogP) is 3.19. The van der Waals surface area contributed by atoms with Gasteiger partial charge in [0.2, 0.25) is 0 Å². The van der Waals surface area contributed by atoms with E-state index in [-0.39, 0.29) is 0 Å². The van der Waals surface area contributed by atoms with E-state index >= 15 is 0 Å². The van der Waals surface area contributed by atoms with Crippen LogP contribution < -0.4 is 5.73 Å². The van der Waals surface area contributed by atoms with Crippen LogP contribution in [0, 0.1) is 19.8 Å². The van der Waals surface area contributed by atoms with Crippen LogP contribution in [0.3, 0.4) is 0 Å². The number of thioether (sulfide) groups is 1. The average molecular weight is 279 g/mol. The Bertz CT molecular complexity index is 404. The van der Waals surface area contributed by atoms with Crippen molar-refractivity contribution in [2.45, 2.75) is 51.7 Å². The van der Waals surface area contributed by atoms with Gasteiger partial charge in [-0.05, 0) is 56.9 Å². The van der Waals surface area contributed by atoms with Gasteiger partial charge in [0.15, 0.2) is 0 Å². The topological polar surface area (TPSA) is 51.8 Å². The molecule has 0 spiro atoms. The molecule has 2 heterocycles. The minimum atomic E-state index is 0.496. The van der Waals surface area contributed by atoms with Crippen LogP contribution in [0.4, 0.5) is 0 Å². The second-order valence-electron chi connectivity index (χ2n) is 5.63. The number of nitrogens with zero attached hydrogens (tertiary/aromatic N) is 2. The predicted molar refractivity (Wildman–Crippen MR) is 82.5 cm³/mol. The van der Waals surface area contributed by atoms with Gasteiger partial charge in [-0.3, -0.25) is 0 Å². The minimum absolute atomic E-state index is 0.496. The van der Waals surface area contributed by atoms with Crippen LogP contribution in [0.25, 0.3) is 0 Å². The van der Waals surface area contributed by atoms with E-state index in [9.17, 15) is 0 Å². The lowest BCUT2D eigenvalue weighted by atomic mass is 9.99. The second-order valence-corrected chi connectivity index (χ2v) is 6.94. The molecule has 0 aromatic carbocycles. The van der Waals surface area contributed by atoms with E-state index in [1.165, 1.54) is 30.6 Å². The SMILES string of the molecule is Cc1nc(C2CCCCS2)nc(C)c1CC(C)CN. The third-order valence-corrected chi connectivity index (χ3v) is 5.23. The molecule has 2 atom stereocenters. The second kappa shape index (κ2) is 6.71. The van der Waals surface area contributed by atoms with Crippen molar-refractivity contribution in [1.29, 1.82) is 0 Å². The van der Waals surface area contributed by atoms with Gasteiger partial charge in [0.05, 0.1) is 5.25 Å². The fourth-order valence-electron chi connectivity index (χ4n) is 2.58. The summed E-state index contributed by atoms with van der Waals surface area (Å²) in [6, 6.07) is 0. The molecule has 0 bridgehead atoms. The van der Waals surface area contributed by atoms with Gasteiger partial charge in [0, 0.05) is 11.4 Å². The summed E-state index contributed by atoms with van der Waals surface area (Å²) < 4.78 is 0. The van der Waals surface area contributed by atoms with E-state index in [0.29, 0.717) is 11.2 Å². The van der Waals surface area contributed by atoms with Crippen LogP contribution in [0.5, 0.6) is 0 Å². The van der Waals surface area contributed by atoms with E-state index in [1.807, 2.05) is 11.8 Å². The molecule has 19 heavy (non-hydrogen) atoms. The summed E-state index contributed by atoms with van der Waals surface area (Å²) >= 11 is 2.01. The number of hydrogen-bond donors (Lipinski definition) is 1. The molecule has 2 unspecified atom stereocenters. The Hall–Kier alpha value is -0.610. The number of rotatable bonds is 4. The Morgan fingerprint density at radius 1 is 1.26 bits per heavy atom. The van der Waals surface area contributed by atoms with E-state index in [0.717, 1.165) is 30.2 Å². The Kier molecular flexibility index (Phi) is 5.22. The van der Waals surface area contributed by atoms with Crippen LogP contribution in [-0.2, 0) is 6.42 Å². The molecule has 106 valence electrons. The molecule has 1 aliphatic rings. The van der Waals surface area contributed by atoms with Crippen molar-refractivity contribution in [2.75, 3.05) is 12.3 Å². The third kappa shape index (κ3) is 3.69. The molecule has 0 amide bonds. The van der Waals surface area contributed by atoms with Crippen molar-refractivity contribution >= 4 is 11.8 Å². The van der Waals surface area contributed by atoms with Gasteiger partial charge in [-0.2, -0.15) is 11.8 Å². The summed E-state index contributed by atoms with van der Waals surface area (Å²) in [7, 11) is 0. The maximum atomic E-state index is 5.72. The van der Waals surface area contributed by atoms with E-state index in [4.69, 9.17) is 15.7 Å².